The molecule has 2 N–H and O–H groups in total. The summed E-state index contributed by atoms with van der Waals surface area (Å²) in [5, 5.41) is 3.74. The molecule has 3 nitrogen and oxygen atoms in total. The van der Waals surface area contributed by atoms with Crippen LogP contribution in [0, 0.1) is 27.7 Å². The summed E-state index contributed by atoms with van der Waals surface area (Å²) in [6, 6.07) is 0. The van der Waals surface area contributed by atoms with Crippen molar-refractivity contribution in [3.8, 4) is 0 Å². The van der Waals surface area contributed by atoms with Crippen LogP contribution in [0.5, 0.6) is 0 Å². The summed E-state index contributed by atoms with van der Waals surface area (Å²) in [6.07, 6.45) is 0. The molecular formula is C10H15N3S2. The second kappa shape index (κ2) is 5.23. The van der Waals surface area contributed by atoms with Gasteiger partial charge in [0.15, 0.2) is 5.13 Å². The third-order valence-electron chi connectivity index (χ3n) is 1.77. The van der Waals surface area contributed by atoms with Gasteiger partial charge in [-0.1, -0.05) is 0 Å². The van der Waals surface area contributed by atoms with E-state index in [9.17, 15) is 0 Å². The molecule has 0 bridgehead atoms. The molecule has 0 saturated heterocycles. The van der Waals surface area contributed by atoms with Crippen molar-refractivity contribution in [2.75, 3.05) is 5.73 Å². The molecular weight excluding hydrogens is 226 g/mol. The Morgan fingerprint density at radius 3 is 1.93 bits per heavy atom. The monoisotopic (exact) mass is 241 g/mol. The third kappa shape index (κ3) is 3.97. The molecule has 2 heterocycles. The largest absolute Gasteiger partial charge is 0.375 e. The molecule has 0 aliphatic rings. The van der Waals surface area contributed by atoms with Gasteiger partial charge in [0, 0.05) is 10.3 Å². The van der Waals surface area contributed by atoms with Crippen LogP contribution in [-0.4, -0.2) is 9.97 Å². The third-order valence-corrected chi connectivity index (χ3v) is 3.55. The van der Waals surface area contributed by atoms with Crippen molar-refractivity contribution in [1.82, 2.24) is 9.97 Å². The predicted molar refractivity (Wildman–Crippen MR) is 67.6 cm³/mol. The quantitative estimate of drug-likeness (QED) is 0.771. The maximum atomic E-state index is 5.29. The maximum Gasteiger partial charge on any atom is 0.180 e. The van der Waals surface area contributed by atoms with Gasteiger partial charge in [-0.25, -0.2) is 9.97 Å². The molecule has 15 heavy (non-hydrogen) atoms. The highest BCUT2D eigenvalue weighted by molar-refractivity contribution is 7.13. The van der Waals surface area contributed by atoms with E-state index in [1.54, 1.807) is 11.3 Å². The van der Waals surface area contributed by atoms with Crippen LogP contribution in [0.2, 0.25) is 0 Å². The molecule has 0 fully saturated rings. The van der Waals surface area contributed by atoms with Crippen LogP contribution in [0.15, 0.2) is 5.38 Å². The first kappa shape index (κ1) is 12.1. The molecule has 0 saturated carbocycles. The number of hydrogen-bond acceptors (Lipinski definition) is 5. The van der Waals surface area contributed by atoms with Gasteiger partial charge in [0.2, 0.25) is 0 Å². The summed E-state index contributed by atoms with van der Waals surface area (Å²) < 4.78 is 0. The van der Waals surface area contributed by atoms with Crippen LogP contribution in [0.3, 0.4) is 0 Å². The minimum absolute atomic E-state index is 0.650. The average Bonchev–Trinajstić information content (AvgIpc) is 2.61. The van der Waals surface area contributed by atoms with E-state index in [0.717, 1.165) is 5.69 Å². The van der Waals surface area contributed by atoms with E-state index < -0.39 is 0 Å². The van der Waals surface area contributed by atoms with Gasteiger partial charge in [0.1, 0.15) is 0 Å². The van der Waals surface area contributed by atoms with E-state index in [1.165, 1.54) is 26.9 Å². The number of aryl methyl sites for hydroxylation is 4. The Bertz CT molecular complexity index is 396. The minimum Gasteiger partial charge on any atom is -0.375 e. The molecule has 0 aliphatic heterocycles. The number of thiazole rings is 2. The molecule has 2 aromatic heterocycles. The van der Waals surface area contributed by atoms with E-state index in [1.807, 2.05) is 26.2 Å². The predicted octanol–water partition coefficient (Wildman–Crippen LogP) is 3.10. The Morgan fingerprint density at radius 1 is 1.13 bits per heavy atom. The number of nitrogens with two attached hydrogens (primary N) is 1. The fourth-order valence-corrected chi connectivity index (χ4v) is 2.37. The van der Waals surface area contributed by atoms with Gasteiger partial charge in [0.05, 0.1) is 16.4 Å². The Balaban J connectivity index is 0.000000151. The average molecular weight is 241 g/mol. The number of rotatable bonds is 0. The van der Waals surface area contributed by atoms with Gasteiger partial charge in [-0.05, 0) is 27.7 Å². The lowest BCUT2D eigenvalue weighted by atomic mass is 10.4. The van der Waals surface area contributed by atoms with Gasteiger partial charge >= 0.3 is 0 Å². The van der Waals surface area contributed by atoms with Gasteiger partial charge in [0.25, 0.3) is 0 Å². The van der Waals surface area contributed by atoms with Crippen LogP contribution >= 0.6 is 22.7 Å². The van der Waals surface area contributed by atoms with Crippen molar-refractivity contribution >= 4 is 27.8 Å². The zero-order valence-corrected chi connectivity index (χ0v) is 11.0. The molecule has 0 amide bonds. The summed E-state index contributed by atoms with van der Waals surface area (Å²) in [6.45, 7) is 8.09. The number of nitrogen functional groups attached to an aromatic ring is 1. The lowest BCUT2D eigenvalue weighted by Gasteiger charge is -1.77. The number of hydrogen-bond donors (Lipinski definition) is 1. The van der Waals surface area contributed by atoms with Crippen LogP contribution in [-0.2, 0) is 0 Å². The molecule has 2 aromatic rings. The highest BCUT2D eigenvalue weighted by atomic mass is 32.1. The summed E-state index contributed by atoms with van der Waals surface area (Å²) in [4.78, 5) is 9.47. The summed E-state index contributed by atoms with van der Waals surface area (Å²) >= 11 is 3.23. The van der Waals surface area contributed by atoms with E-state index >= 15 is 0 Å². The molecule has 82 valence electrons. The summed E-state index contributed by atoms with van der Waals surface area (Å²) in [7, 11) is 0. The lowest BCUT2D eigenvalue weighted by molar-refractivity contribution is 1.18. The standard InChI is InChI=1S/C6H9NS.C4H6N2S/c1-4-5(2)8-6(3)7-4;1-3-2-7-4(5)6-3/h1-3H3;2H,1H3,(H2,5,6). The van der Waals surface area contributed by atoms with Crippen molar-refractivity contribution < 1.29 is 0 Å². The molecule has 0 atom stereocenters. The normalized spacial score (nSPS) is 9.60. The van der Waals surface area contributed by atoms with E-state index in [0.29, 0.717) is 5.13 Å². The maximum absolute atomic E-state index is 5.29. The van der Waals surface area contributed by atoms with Crippen LogP contribution in [0.25, 0.3) is 0 Å². The molecule has 0 radical (unpaired) electrons. The number of anilines is 1. The Hall–Kier alpha value is -0.940. The molecule has 0 aliphatic carbocycles. The Morgan fingerprint density at radius 2 is 1.80 bits per heavy atom. The van der Waals surface area contributed by atoms with Gasteiger partial charge in [-0.2, -0.15) is 0 Å². The topological polar surface area (TPSA) is 51.8 Å². The van der Waals surface area contributed by atoms with E-state index in [2.05, 4.69) is 16.9 Å². The van der Waals surface area contributed by atoms with Gasteiger partial charge in [-0.3, -0.25) is 0 Å². The fourth-order valence-electron chi connectivity index (χ4n) is 1.01. The molecule has 0 spiro atoms. The fraction of sp³-hybridized carbons (Fsp3) is 0.400. The molecule has 5 heteroatoms. The van der Waals surface area contributed by atoms with Crippen molar-refractivity contribution in [2.45, 2.75) is 27.7 Å². The van der Waals surface area contributed by atoms with Crippen molar-refractivity contribution in [3.05, 3.63) is 26.7 Å². The highest BCUT2D eigenvalue weighted by Gasteiger charge is 1.95. The highest BCUT2D eigenvalue weighted by Crippen LogP contribution is 2.14. The van der Waals surface area contributed by atoms with Crippen LogP contribution < -0.4 is 5.73 Å². The molecule has 2 rings (SSSR count). The minimum atomic E-state index is 0.650. The van der Waals surface area contributed by atoms with Crippen molar-refractivity contribution in [3.63, 3.8) is 0 Å². The zero-order valence-electron chi connectivity index (χ0n) is 9.37. The summed E-state index contributed by atoms with van der Waals surface area (Å²) in [5.74, 6) is 0. The van der Waals surface area contributed by atoms with Crippen molar-refractivity contribution in [1.29, 1.82) is 0 Å². The van der Waals surface area contributed by atoms with Gasteiger partial charge < -0.3 is 5.73 Å². The van der Waals surface area contributed by atoms with E-state index in [4.69, 9.17) is 5.73 Å². The second-order valence-electron chi connectivity index (χ2n) is 3.20. The lowest BCUT2D eigenvalue weighted by Crippen LogP contribution is -1.80. The molecule has 0 unspecified atom stereocenters. The first-order valence-corrected chi connectivity index (χ1v) is 6.27. The molecule has 0 aromatic carbocycles. The van der Waals surface area contributed by atoms with E-state index in [-0.39, 0.29) is 0 Å². The summed E-state index contributed by atoms with van der Waals surface area (Å²) in [5.41, 5.74) is 7.46. The second-order valence-corrected chi connectivity index (χ2v) is 5.50. The first-order valence-electron chi connectivity index (χ1n) is 4.57. The number of nitrogens with zero attached hydrogens (tertiary/aromatic N) is 2. The van der Waals surface area contributed by atoms with Crippen molar-refractivity contribution in [2.24, 2.45) is 0 Å². The number of aromatic nitrogens is 2. The Kier molecular flexibility index (Phi) is 4.23. The smallest absolute Gasteiger partial charge is 0.180 e. The van der Waals surface area contributed by atoms with Crippen LogP contribution in [0.4, 0.5) is 5.13 Å². The van der Waals surface area contributed by atoms with Gasteiger partial charge in [-0.15, -0.1) is 22.7 Å². The first-order chi connectivity index (χ1) is 6.99. The Labute approximate surface area is 98.0 Å². The SMILES string of the molecule is Cc1csc(N)n1.Cc1nc(C)c(C)s1. The zero-order chi connectivity index (χ0) is 11.4. The van der Waals surface area contributed by atoms with Crippen LogP contribution in [0.1, 0.15) is 21.3 Å².